The second-order valence-electron chi connectivity index (χ2n) is 6.52. The van der Waals surface area contributed by atoms with Crippen LogP contribution in [0.5, 0.6) is 17.2 Å². The van der Waals surface area contributed by atoms with E-state index in [1.54, 1.807) is 54.6 Å². The maximum Gasteiger partial charge on any atom is 0.243 e. The zero-order chi connectivity index (χ0) is 22.4. The standard InChI is InChI=1S/C22H21ClN2O5S/c1-25(31(27,28)17-8-4-3-5-9-17)15-22(26)24-18-14-16(23)12-13-19(18)30-21-11-7-6-10-20(21)29-2/h3-14H,15H2,1-2H3,(H,24,26). The van der Waals surface area contributed by atoms with Gasteiger partial charge in [-0.2, -0.15) is 4.31 Å². The molecule has 7 nitrogen and oxygen atoms in total. The average Bonchev–Trinajstić information content (AvgIpc) is 2.76. The molecule has 0 bridgehead atoms. The van der Waals surface area contributed by atoms with E-state index in [2.05, 4.69) is 5.32 Å². The predicted molar refractivity (Wildman–Crippen MR) is 119 cm³/mol. The molecule has 0 heterocycles. The molecule has 0 spiro atoms. The van der Waals surface area contributed by atoms with E-state index in [1.165, 1.54) is 32.4 Å². The number of methoxy groups -OCH3 is 1. The Morgan fingerprint density at radius 3 is 2.29 bits per heavy atom. The number of hydrogen-bond donors (Lipinski definition) is 1. The number of likely N-dealkylation sites (N-methyl/N-ethyl adjacent to an activating group) is 1. The number of hydrogen-bond acceptors (Lipinski definition) is 5. The number of para-hydroxylation sites is 2. The van der Waals surface area contributed by atoms with Crippen molar-refractivity contribution in [2.45, 2.75) is 4.90 Å². The van der Waals surface area contributed by atoms with Gasteiger partial charge in [-0.25, -0.2) is 8.42 Å². The molecule has 0 aliphatic heterocycles. The number of anilines is 1. The van der Waals surface area contributed by atoms with Crippen LogP contribution in [-0.2, 0) is 14.8 Å². The summed E-state index contributed by atoms with van der Waals surface area (Å²) >= 11 is 6.08. The third-order valence-electron chi connectivity index (χ3n) is 4.32. The quantitative estimate of drug-likeness (QED) is 0.538. The van der Waals surface area contributed by atoms with Gasteiger partial charge in [0.15, 0.2) is 17.2 Å². The molecule has 0 aliphatic rings. The van der Waals surface area contributed by atoms with E-state index in [9.17, 15) is 13.2 Å². The van der Waals surface area contributed by atoms with Gasteiger partial charge in [-0.1, -0.05) is 41.9 Å². The van der Waals surface area contributed by atoms with E-state index in [1.807, 2.05) is 0 Å². The van der Waals surface area contributed by atoms with Gasteiger partial charge in [0, 0.05) is 12.1 Å². The van der Waals surface area contributed by atoms with Gasteiger partial charge in [0.05, 0.1) is 24.2 Å². The van der Waals surface area contributed by atoms with E-state index in [0.717, 1.165) is 4.31 Å². The van der Waals surface area contributed by atoms with Gasteiger partial charge in [0.2, 0.25) is 15.9 Å². The number of ether oxygens (including phenoxy) is 2. The summed E-state index contributed by atoms with van der Waals surface area (Å²) in [6, 6.07) is 19.7. The van der Waals surface area contributed by atoms with Gasteiger partial charge in [-0.3, -0.25) is 4.79 Å². The van der Waals surface area contributed by atoms with Gasteiger partial charge in [0.1, 0.15) is 0 Å². The fourth-order valence-electron chi connectivity index (χ4n) is 2.76. The van der Waals surface area contributed by atoms with Crippen LogP contribution < -0.4 is 14.8 Å². The third kappa shape index (κ3) is 5.55. The Labute approximate surface area is 186 Å². The Balaban J connectivity index is 1.77. The van der Waals surface area contributed by atoms with E-state index >= 15 is 0 Å². The van der Waals surface area contributed by atoms with Gasteiger partial charge >= 0.3 is 0 Å². The van der Waals surface area contributed by atoms with Gasteiger partial charge in [0.25, 0.3) is 0 Å². The average molecular weight is 461 g/mol. The third-order valence-corrected chi connectivity index (χ3v) is 6.38. The molecule has 31 heavy (non-hydrogen) atoms. The Morgan fingerprint density at radius 2 is 1.61 bits per heavy atom. The summed E-state index contributed by atoms with van der Waals surface area (Å²) in [5, 5.41) is 3.05. The first-order valence-electron chi connectivity index (χ1n) is 9.23. The summed E-state index contributed by atoms with van der Waals surface area (Å²) in [5.41, 5.74) is 0.300. The molecule has 0 atom stereocenters. The van der Waals surface area contributed by atoms with E-state index in [0.29, 0.717) is 28.0 Å². The van der Waals surface area contributed by atoms with Crippen molar-refractivity contribution >= 4 is 33.2 Å². The minimum Gasteiger partial charge on any atom is -0.493 e. The molecule has 0 saturated heterocycles. The number of rotatable bonds is 8. The first-order valence-corrected chi connectivity index (χ1v) is 11.0. The summed E-state index contributed by atoms with van der Waals surface area (Å²) < 4.78 is 37.4. The Kier molecular flexibility index (Phi) is 7.17. The van der Waals surface area contributed by atoms with Crippen molar-refractivity contribution in [3.8, 4) is 17.2 Å². The van der Waals surface area contributed by atoms with Crippen LogP contribution in [0.2, 0.25) is 5.02 Å². The number of nitrogens with one attached hydrogen (secondary N) is 1. The van der Waals surface area contributed by atoms with Crippen LogP contribution in [0.4, 0.5) is 5.69 Å². The highest BCUT2D eigenvalue weighted by atomic mass is 35.5. The van der Waals surface area contributed by atoms with Crippen molar-refractivity contribution in [2.75, 3.05) is 26.0 Å². The van der Waals surface area contributed by atoms with E-state index in [-0.39, 0.29) is 4.90 Å². The van der Waals surface area contributed by atoms with Crippen molar-refractivity contribution in [3.05, 3.63) is 77.8 Å². The van der Waals surface area contributed by atoms with Crippen LogP contribution in [0.3, 0.4) is 0 Å². The molecule has 162 valence electrons. The lowest BCUT2D eigenvalue weighted by atomic mass is 10.2. The van der Waals surface area contributed by atoms with Gasteiger partial charge < -0.3 is 14.8 Å². The number of carbonyl (C=O) groups is 1. The number of halogens is 1. The number of amides is 1. The SMILES string of the molecule is COc1ccccc1Oc1ccc(Cl)cc1NC(=O)CN(C)S(=O)(=O)c1ccccc1. The Bertz CT molecular complexity index is 1170. The first-order chi connectivity index (χ1) is 14.8. The lowest BCUT2D eigenvalue weighted by molar-refractivity contribution is -0.116. The van der Waals surface area contributed by atoms with Gasteiger partial charge in [-0.15, -0.1) is 0 Å². The maximum absolute atomic E-state index is 12.6. The highest BCUT2D eigenvalue weighted by Crippen LogP contribution is 2.36. The predicted octanol–water partition coefficient (Wildman–Crippen LogP) is 4.40. The zero-order valence-electron chi connectivity index (χ0n) is 16.9. The van der Waals surface area contributed by atoms with E-state index in [4.69, 9.17) is 21.1 Å². The molecule has 3 aromatic rings. The second-order valence-corrected chi connectivity index (χ2v) is 9.00. The highest BCUT2D eigenvalue weighted by Gasteiger charge is 2.23. The summed E-state index contributed by atoms with van der Waals surface area (Å²) in [5.74, 6) is 0.750. The fourth-order valence-corrected chi connectivity index (χ4v) is 4.08. The minimum atomic E-state index is -3.80. The number of carbonyl (C=O) groups excluding carboxylic acids is 1. The molecule has 9 heteroatoms. The molecule has 1 N–H and O–H groups in total. The molecule has 0 fully saturated rings. The molecule has 0 radical (unpaired) electrons. The van der Waals surface area contributed by atoms with Crippen LogP contribution >= 0.6 is 11.6 Å². The van der Waals surface area contributed by atoms with Gasteiger partial charge in [-0.05, 0) is 42.5 Å². The Morgan fingerprint density at radius 1 is 0.968 bits per heavy atom. The maximum atomic E-state index is 12.6. The summed E-state index contributed by atoms with van der Waals surface area (Å²) in [7, 11) is -0.941. The smallest absolute Gasteiger partial charge is 0.243 e. The molecule has 3 aromatic carbocycles. The molecule has 0 unspecified atom stereocenters. The first kappa shape index (κ1) is 22.6. The van der Waals surface area contributed by atoms with Crippen LogP contribution in [0.15, 0.2) is 77.7 Å². The minimum absolute atomic E-state index is 0.105. The van der Waals surface area contributed by atoms with E-state index < -0.39 is 22.5 Å². The normalized spacial score (nSPS) is 11.2. The van der Waals surface area contributed by atoms with Crippen molar-refractivity contribution in [1.82, 2.24) is 4.31 Å². The molecule has 0 aliphatic carbocycles. The van der Waals surface area contributed by atoms with Crippen LogP contribution in [-0.4, -0.2) is 39.3 Å². The lowest BCUT2D eigenvalue weighted by Gasteiger charge is -2.18. The molecular weight excluding hydrogens is 440 g/mol. The van der Waals surface area contributed by atoms with Crippen LogP contribution in [0.1, 0.15) is 0 Å². The van der Waals surface area contributed by atoms with Crippen molar-refractivity contribution < 1.29 is 22.7 Å². The fraction of sp³-hybridized carbons (Fsp3) is 0.136. The molecule has 0 saturated carbocycles. The summed E-state index contributed by atoms with van der Waals surface area (Å²) in [4.78, 5) is 12.7. The number of sulfonamides is 1. The Hall–Kier alpha value is -3.07. The zero-order valence-corrected chi connectivity index (χ0v) is 18.5. The van der Waals surface area contributed by atoms with Crippen molar-refractivity contribution in [2.24, 2.45) is 0 Å². The second kappa shape index (κ2) is 9.82. The molecule has 1 amide bonds. The topological polar surface area (TPSA) is 84.9 Å². The monoisotopic (exact) mass is 460 g/mol. The largest absolute Gasteiger partial charge is 0.493 e. The molecule has 3 rings (SSSR count). The molecule has 0 aromatic heterocycles. The lowest BCUT2D eigenvalue weighted by Crippen LogP contribution is -2.35. The highest BCUT2D eigenvalue weighted by molar-refractivity contribution is 7.89. The summed E-state index contributed by atoms with van der Waals surface area (Å²) in [6.45, 7) is -0.391. The van der Waals surface area contributed by atoms with Crippen LogP contribution in [0.25, 0.3) is 0 Å². The molecular formula is C22H21ClN2O5S. The van der Waals surface area contributed by atoms with Crippen molar-refractivity contribution in [1.29, 1.82) is 0 Å². The van der Waals surface area contributed by atoms with Crippen LogP contribution in [0, 0.1) is 0 Å². The number of nitrogens with zero attached hydrogens (tertiary/aromatic N) is 1. The number of benzene rings is 3. The summed E-state index contributed by atoms with van der Waals surface area (Å²) in [6.07, 6.45) is 0. The van der Waals surface area contributed by atoms with Crippen molar-refractivity contribution in [3.63, 3.8) is 0 Å².